The number of nitrogens with one attached hydrogen (secondary N) is 1. The lowest BCUT2D eigenvalue weighted by atomic mass is 10.1. The van der Waals surface area contributed by atoms with Crippen LogP contribution in [0.15, 0.2) is 35.8 Å². The monoisotopic (exact) mass is 306 g/mol. The molecule has 102 valence electrons. The third kappa shape index (κ3) is 2.49. The number of nitrogens with zero attached hydrogens (tertiary/aromatic N) is 1. The maximum Gasteiger partial charge on any atom is 0.123 e. The zero-order chi connectivity index (χ0) is 14.1. The molecule has 20 heavy (non-hydrogen) atoms. The van der Waals surface area contributed by atoms with E-state index in [9.17, 15) is 4.39 Å². The Bertz CT molecular complexity index is 770. The van der Waals surface area contributed by atoms with E-state index in [2.05, 4.69) is 10.3 Å². The minimum atomic E-state index is -0.217. The van der Waals surface area contributed by atoms with Crippen molar-refractivity contribution in [3.05, 3.63) is 57.8 Å². The van der Waals surface area contributed by atoms with E-state index < -0.39 is 0 Å². The zero-order valence-electron chi connectivity index (χ0n) is 10.8. The van der Waals surface area contributed by atoms with Gasteiger partial charge in [-0.1, -0.05) is 17.7 Å². The normalized spacial score (nSPS) is 10.9. The second-order valence-electron chi connectivity index (χ2n) is 4.55. The summed E-state index contributed by atoms with van der Waals surface area (Å²) in [5.41, 5.74) is 5.46. The molecule has 0 atom stereocenters. The summed E-state index contributed by atoms with van der Waals surface area (Å²) in [6.07, 6.45) is 0. The average molecular weight is 307 g/mol. The summed E-state index contributed by atoms with van der Waals surface area (Å²) in [6, 6.07) is 8.61. The van der Waals surface area contributed by atoms with Gasteiger partial charge in [0.25, 0.3) is 0 Å². The van der Waals surface area contributed by atoms with E-state index in [1.807, 2.05) is 19.1 Å². The van der Waals surface area contributed by atoms with Gasteiger partial charge in [0.2, 0.25) is 0 Å². The highest BCUT2D eigenvalue weighted by Gasteiger charge is 2.09. The predicted molar refractivity (Wildman–Crippen MR) is 83.1 cm³/mol. The first-order valence-electron chi connectivity index (χ1n) is 6.16. The van der Waals surface area contributed by atoms with Gasteiger partial charge in [0.1, 0.15) is 11.3 Å². The molecule has 2 nitrogen and oxygen atoms in total. The smallest absolute Gasteiger partial charge is 0.123 e. The molecule has 3 aromatic rings. The second kappa shape index (κ2) is 5.38. The Morgan fingerprint density at radius 3 is 2.95 bits per heavy atom. The second-order valence-corrected chi connectivity index (χ2v) is 5.84. The number of hydrogen-bond acceptors (Lipinski definition) is 3. The van der Waals surface area contributed by atoms with Crippen molar-refractivity contribution in [2.45, 2.75) is 13.5 Å². The van der Waals surface area contributed by atoms with Gasteiger partial charge in [-0.3, -0.25) is 0 Å². The highest BCUT2D eigenvalue weighted by molar-refractivity contribution is 7.16. The summed E-state index contributed by atoms with van der Waals surface area (Å²) in [4.78, 5) is 4.34. The van der Waals surface area contributed by atoms with Gasteiger partial charge in [0, 0.05) is 6.54 Å². The van der Waals surface area contributed by atoms with E-state index in [0.717, 1.165) is 27.0 Å². The topological polar surface area (TPSA) is 24.9 Å². The van der Waals surface area contributed by atoms with Gasteiger partial charge < -0.3 is 5.32 Å². The molecule has 0 radical (unpaired) electrons. The molecule has 1 heterocycles. The quantitative estimate of drug-likeness (QED) is 0.736. The molecule has 0 unspecified atom stereocenters. The molecule has 0 aliphatic rings. The Kier molecular flexibility index (Phi) is 3.59. The molecule has 0 spiro atoms. The Hall–Kier alpha value is -1.65. The molecule has 3 rings (SSSR count). The van der Waals surface area contributed by atoms with E-state index in [1.54, 1.807) is 22.9 Å². The van der Waals surface area contributed by atoms with Crippen molar-refractivity contribution < 1.29 is 4.39 Å². The first kappa shape index (κ1) is 13.3. The Morgan fingerprint density at radius 2 is 2.15 bits per heavy atom. The number of anilines is 1. The summed E-state index contributed by atoms with van der Waals surface area (Å²) in [6.45, 7) is 2.48. The van der Waals surface area contributed by atoms with Crippen LogP contribution < -0.4 is 5.32 Å². The van der Waals surface area contributed by atoms with Crippen LogP contribution in [0.2, 0.25) is 5.02 Å². The first-order chi connectivity index (χ1) is 9.65. The molecular weight excluding hydrogens is 295 g/mol. The van der Waals surface area contributed by atoms with Crippen molar-refractivity contribution in [1.82, 2.24) is 4.98 Å². The van der Waals surface area contributed by atoms with Crippen LogP contribution >= 0.6 is 22.9 Å². The molecule has 0 saturated heterocycles. The van der Waals surface area contributed by atoms with Crippen LogP contribution in [-0.2, 0) is 6.54 Å². The Balaban J connectivity index is 1.90. The average Bonchev–Trinajstić information content (AvgIpc) is 2.88. The predicted octanol–water partition coefficient (Wildman–Crippen LogP) is 5.01. The van der Waals surface area contributed by atoms with Crippen molar-refractivity contribution >= 4 is 38.8 Å². The highest BCUT2D eigenvalue weighted by atomic mass is 35.5. The molecule has 0 saturated carbocycles. The highest BCUT2D eigenvalue weighted by Crippen LogP contribution is 2.32. The lowest BCUT2D eigenvalue weighted by molar-refractivity contribution is 0.625. The van der Waals surface area contributed by atoms with E-state index in [1.165, 1.54) is 12.1 Å². The molecule has 1 aromatic heterocycles. The fraction of sp³-hybridized carbons (Fsp3) is 0.133. The molecule has 0 aliphatic heterocycles. The number of aromatic nitrogens is 1. The van der Waals surface area contributed by atoms with Gasteiger partial charge in [0.15, 0.2) is 0 Å². The van der Waals surface area contributed by atoms with E-state index in [0.29, 0.717) is 11.6 Å². The van der Waals surface area contributed by atoms with Gasteiger partial charge in [-0.05, 0) is 42.3 Å². The number of rotatable bonds is 3. The standard InChI is InChI=1S/C15H12ClFN2S/c1-9-6-11(17)3-2-10(9)7-18-14-12(16)4-5-13-15(14)19-8-20-13/h2-6,8,18H,7H2,1H3. The molecule has 0 amide bonds. The molecule has 1 N–H and O–H groups in total. The van der Waals surface area contributed by atoms with Gasteiger partial charge in [-0.25, -0.2) is 9.37 Å². The van der Waals surface area contributed by atoms with Gasteiger partial charge in [0.05, 0.1) is 20.9 Å². The van der Waals surface area contributed by atoms with Crippen molar-refractivity contribution in [2.75, 3.05) is 5.32 Å². The number of benzene rings is 2. The molecule has 2 aromatic carbocycles. The van der Waals surface area contributed by atoms with Gasteiger partial charge >= 0.3 is 0 Å². The van der Waals surface area contributed by atoms with Crippen LogP contribution in [0.25, 0.3) is 10.2 Å². The number of hydrogen-bond donors (Lipinski definition) is 1. The van der Waals surface area contributed by atoms with Crippen molar-refractivity contribution in [2.24, 2.45) is 0 Å². The number of halogens is 2. The van der Waals surface area contributed by atoms with Gasteiger partial charge in [-0.2, -0.15) is 0 Å². The lowest BCUT2D eigenvalue weighted by Crippen LogP contribution is -2.02. The summed E-state index contributed by atoms with van der Waals surface area (Å²) in [7, 11) is 0. The minimum Gasteiger partial charge on any atom is -0.378 e. The van der Waals surface area contributed by atoms with Crippen LogP contribution in [0.1, 0.15) is 11.1 Å². The molecule has 0 bridgehead atoms. The van der Waals surface area contributed by atoms with Crippen LogP contribution in [-0.4, -0.2) is 4.98 Å². The molecule has 5 heteroatoms. The van der Waals surface area contributed by atoms with Crippen LogP contribution in [0, 0.1) is 12.7 Å². The summed E-state index contributed by atoms with van der Waals surface area (Å²) in [5.74, 6) is -0.217. The van der Waals surface area contributed by atoms with E-state index in [4.69, 9.17) is 11.6 Å². The Labute approximate surface area is 125 Å². The maximum absolute atomic E-state index is 13.1. The van der Waals surface area contributed by atoms with E-state index in [-0.39, 0.29) is 5.82 Å². The fourth-order valence-electron chi connectivity index (χ4n) is 2.12. The van der Waals surface area contributed by atoms with Crippen molar-refractivity contribution in [1.29, 1.82) is 0 Å². The molecule has 0 aliphatic carbocycles. The van der Waals surface area contributed by atoms with Crippen LogP contribution in [0.5, 0.6) is 0 Å². The van der Waals surface area contributed by atoms with Gasteiger partial charge in [-0.15, -0.1) is 11.3 Å². The van der Waals surface area contributed by atoms with E-state index >= 15 is 0 Å². The van der Waals surface area contributed by atoms with Crippen molar-refractivity contribution in [3.63, 3.8) is 0 Å². The molecular formula is C15H12ClFN2S. The number of aryl methyl sites for hydroxylation is 1. The molecule has 0 fully saturated rings. The van der Waals surface area contributed by atoms with Crippen LogP contribution in [0.4, 0.5) is 10.1 Å². The lowest BCUT2D eigenvalue weighted by Gasteiger charge is -2.11. The first-order valence-corrected chi connectivity index (χ1v) is 7.41. The summed E-state index contributed by atoms with van der Waals surface area (Å²) < 4.78 is 14.2. The largest absolute Gasteiger partial charge is 0.378 e. The fourth-order valence-corrected chi connectivity index (χ4v) is 3.02. The number of thiazole rings is 1. The van der Waals surface area contributed by atoms with Crippen molar-refractivity contribution in [3.8, 4) is 0 Å². The summed E-state index contributed by atoms with van der Waals surface area (Å²) >= 11 is 7.81. The SMILES string of the molecule is Cc1cc(F)ccc1CNc1c(Cl)ccc2scnc12. The number of fused-ring (bicyclic) bond motifs is 1. The zero-order valence-corrected chi connectivity index (χ0v) is 12.4. The summed E-state index contributed by atoms with van der Waals surface area (Å²) in [5, 5.41) is 3.95. The van der Waals surface area contributed by atoms with Crippen LogP contribution in [0.3, 0.4) is 0 Å². The Morgan fingerprint density at radius 1 is 1.30 bits per heavy atom. The minimum absolute atomic E-state index is 0.217. The third-order valence-corrected chi connectivity index (χ3v) is 4.32. The maximum atomic E-state index is 13.1. The third-order valence-electron chi connectivity index (χ3n) is 3.21.